The standard InChI is InChI=1S/C11H12BrNO4.C11H14BrNO2.C10H10BrNO.C9H9BrO2.C8H7BrO2.C2H3NO2.CH4O.2ClH.Ni.H2O4S.6H2O/c1-17-11(14)10(5-6-13(15)16)8-3-2-4-9(12)7-8;1-15-11(14)10(5-6-13)8-3-2-4-9(12)7-8;11-8-3-1-2-7(6-8)9-4-5-12-10(9)13;1-12-9(11)6-7-3-2-4-8(10)5-7;9-7-3-1-2-6(4-7)5-8(10)11;1-2-3(4)5;1-2;;;;1-5(2,3)4;;;;;;/h2-4,7,10H,5-6H2,1H3;2-4,7,10H,5-6,13H2,1H3;1-3,6,9H,4-5H2,(H,12,13);2-5H,6H2,1H3;1-4H,5H2,(H,10,11);2H,1H2;2H,1H3;2*1H;;(H2,1,2,3,4);6*1H2/q;;;;;;;;;+2;;;;;;;/p-2. The van der Waals surface area contributed by atoms with Crippen LogP contribution in [0.4, 0.5) is 0 Å². The molecule has 0 bridgehead atoms. The van der Waals surface area contributed by atoms with E-state index in [1.54, 1.807) is 30.3 Å². The third-order valence-corrected chi connectivity index (χ3v) is 12.2. The van der Waals surface area contributed by atoms with Gasteiger partial charge in [-0.25, -0.2) is 0 Å². The molecule has 3 atom stereocenters. The van der Waals surface area contributed by atoms with Crippen LogP contribution in [0.25, 0.3) is 0 Å². The van der Waals surface area contributed by atoms with Crippen molar-refractivity contribution in [2.24, 2.45) is 5.73 Å². The zero-order chi connectivity index (χ0) is 64.1. The first-order valence-electron chi connectivity index (χ1n) is 23.1. The van der Waals surface area contributed by atoms with Crippen LogP contribution in [-0.2, 0) is 74.1 Å². The average molecular weight is 1700 g/mol. The van der Waals surface area contributed by atoms with E-state index in [-0.39, 0.29) is 81.9 Å². The Balaban J connectivity index is -0.000000120. The van der Waals surface area contributed by atoms with E-state index in [1.807, 2.05) is 91.0 Å². The van der Waals surface area contributed by atoms with Crippen molar-refractivity contribution in [1.82, 2.24) is 5.32 Å². The number of aliphatic hydroxyl groups is 1. The summed E-state index contributed by atoms with van der Waals surface area (Å²) in [5.41, 5.74) is 9.99. The molecular formula is C52H73Br5Cl2N4NiO24S. The number of halogens is 7. The number of nitrogens with two attached hydrogens (primary N) is 1. The molecule has 1 fully saturated rings. The van der Waals surface area contributed by atoms with E-state index >= 15 is 0 Å². The Hall–Kier alpha value is -4.99. The van der Waals surface area contributed by atoms with Crippen molar-refractivity contribution in [3.05, 3.63) is 205 Å². The molecule has 1 amide bonds. The van der Waals surface area contributed by atoms with Gasteiger partial charge in [0.25, 0.3) is 0 Å². The fraction of sp³-hybridized carbons (Fsp3) is 0.288. The third-order valence-electron chi connectivity index (χ3n) is 9.69. The van der Waals surface area contributed by atoms with Crippen molar-refractivity contribution in [2.45, 2.75) is 49.9 Å². The summed E-state index contributed by atoms with van der Waals surface area (Å²) in [5, 5.41) is 37.7. The van der Waals surface area contributed by atoms with E-state index in [4.69, 9.17) is 68.7 Å². The fourth-order valence-electron chi connectivity index (χ4n) is 6.32. The van der Waals surface area contributed by atoms with Gasteiger partial charge in [-0.2, -0.15) is 8.42 Å². The molecule has 0 aromatic heterocycles. The number of carbonyl (C=O) groups excluding carboxylic acids is 4. The molecule has 28 nitrogen and oxygen atoms in total. The summed E-state index contributed by atoms with van der Waals surface area (Å²) in [6, 6.07) is 37.6. The van der Waals surface area contributed by atoms with Gasteiger partial charge in [0.15, 0.2) is 0 Å². The number of ether oxygens (including phenoxy) is 3. The fourth-order valence-corrected chi connectivity index (χ4v) is 8.46. The number of nitrogens with zero attached hydrogens (tertiary/aromatic N) is 2. The van der Waals surface area contributed by atoms with E-state index in [9.17, 15) is 34.1 Å². The Kier molecular flexibility index (Phi) is 71.5. The van der Waals surface area contributed by atoms with Gasteiger partial charge < -0.3 is 68.3 Å². The van der Waals surface area contributed by atoms with Gasteiger partial charge in [-0.1, -0.05) is 140 Å². The Labute approximate surface area is 570 Å². The molecule has 5 aromatic carbocycles. The Morgan fingerprint density at radius 1 is 0.685 bits per heavy atom. The minimum atomic E-state index is -4.67. The molecule has 1 saturated heterocycles. The number of carbonyl (C=O) groups is 5. The number of aliphatic hydroxyl groups excluding tert-OH is 1. The van der Waals surface area contributed by atoms with Crippen LogP contribution in [-0.4, -0.2) is 148 Å². The second-order valence-corrected chi connectivity index (χ2v) is 22.5. The molecule has 0 saturated carbocycles. The summed E-state index contributed by atoms with van der Waals surface area (Å²) in [6.45, 7) is 3.87. The Morgan fingerprint density at radius 2 is 1.03 bits per heavy atom. The van der Waals surface area contributed by atoms with Gasteiger partial charge in [-0.3, -0.25) is 53.3 Å². The number of benzene rings is 5. The predicted molar refractivity (Wildman–Crippen MR) is 351 cm³/mol. The van der Waals surface area contributed by atoms with Crippen molar-refractivity contribution < 1.29 is 121 Å². The molecule has 0 radical (unpaired) electrons. The van der Waals surface area contributed by atoms with Gasteiger partial charge >= 0.3 is 67.3 Å². The van der Waals surface area contributed by atoms with Gasteiger partial charge in [0.05, 0.1) is 56.8 Å². The number of hydrogen-bond acceptors (Lipinski definition) is 16. The van der Waals surface area contributed by atoms with E-state index in [1.165, 1.54) is 21.3 Å². The molecule has 5 aromatic rings. The van der Waals surface area contributed by atoms with Crippen LogP contribution in [0.15, 0.2) is 156 Å². The second-order valence-electron chi connectivity index (χ2n) is 15.4. The molecule has 510 valence electrons. The molecule has 0 aliphatic carbocycles. The summed E-state index contributed by atoms with van der Waals surface area (Å²) in [4.78, 5) is 73.9. The maximum absolute atomic E-state index is 11.6. The average Bonchev–Trinajstić information content (AvgIpc) is 4.17. The number of rotatable bonds is 15. The molecule has 1 aliphatic heterocycles. The molecule has 19 N–H and O–H groups in total. The topological polar surface area (TPSA) is 541 Å². The van der Waals surface area contributed by atoms with E-state index in [0.717, 1.165) is 64.7 Å². The number of carboxylic acid groups (broad SMARTS) is 1. The monoisotopic (exact) mass is 1690 g/mol. The number of methoxy groups -OCH3 is 3. The van der Waals surface area contributed by atoms with Gasteiger partial charge in [-0.05, 0) is 114 Å². The SMILES string of the molecule is C=C[N+](=O)[O-].CO.COC(=O)C(CCN)c1cccc(Br)c1.COC(=O)C(CC[N+](=O)[O-])c1cccc(Br)c1.COC(=O)Cc1cccc(Br)c1.O.O.O.O.O.O.O=C(O)Cc1cccc(Br)c1.O=C1NCCC1c1cccc(Br)c1.O=S(=O)(O)O.[Cl][Ni][Cl]. The Morgan fingerprint density at radius 3 is 1.33 bits per heavy atom. The number of nitrogens with one attached hydrogen (secondary N) is 1. The first kappa shape index (κ1) is 103. The number of carboxylic acids is 1. The summed E-state index contributed by atoms with van der Waals surface area (Å²) < 4.78 is 50.2. The van der Waals surface area contributed by atoms with Crippen LogP contribution < -0.4 is 11.1 Å². The summed E-state index contributed by atoms with van der Waals surface area (Å²) in [5.74, 6) is -2.37. The van der Waals surface area contributed by atoms with E-state index < -0.39 is 38.1 Å². The number of hydrogen-bond donors (Lipinski definition) is 6. The van der Waals surface area contributed by atoms with Gasteiger partial charge in [-0.15, -0.1) is 0 Å². The van der Waals surface area contributed by atoms with Crippen molar-refractivity contribution in [3.63, 3.8) is 0 Å². The van der Waals surface area contributed by atoms with E-state index in [2.05, 4.69) is 101 Å². The Bertz CT molecular complexity index is 2890. The predicted octanol–water partition coefficient (Wildman–Crippen LogP) is 6.51. The van der Waals surface area contributed by atoms with Crippen molar-refractivity contribution >= 4 is 140 Å². The zero-order valence-corrected chi connectivity index (χ0v) is 58.8. The number of aliphatic carboxylic acids is 1. The first-order valence-corrected chi connectivity index (χ1v) is 31.2. The number of esters is 3. The quantitative estimate of drug-likeness (QED) is 0.0162. The molecule has 37 heteroatoms. The summed E-state index contributed by atoms with van der Waals surface area (Å²) >= 11 is 17.2. The molecule has 3 unspecified atom stereocenters. The van der Waals surface area contributed by atoms with Gasteiger partial charge in [0.2, 0.25) is 18.7 Å². The van der Waals surface area contributed by atoms with Crippen molar-refractivity contribution in [1.29, 1.82) is 0 Å². The van der Waals surface area contributed by atoms with Gasteiger partial charge in [0, 0.05) is 47.4 Å². The van der Waals surface area contributed by atoms with E-state index in [0.29, 0.717) is 43.8 Å². The molecular weight excluding hydrogens is 1630 g/mol. The van der Waals surface area contributed by atoms with Crippen LogP contribution in [0.1, 0.15) is 64.8 Å². The van der Waals surface area contributed by atoms with Crippen molar-refractivity contribution in [3.8, 4) is 0 Å². The second kappa shape index (κ2) is 61.9. The zero-order valence-electron chi connectivity index (χ0n) is 47.6. The normalized spacial score (nSPS) is 11.3. The third kappa shape index (κ3) is 55.6. The minimum absolute atomic E-state index is 0. The van der Waals surface area contributed by atoms with Crippen LogP contribution in [0.5, 0.6) is 0 Å². The molecule has 6 rings (SSSR count). The molecule has 0 spiro atoms. The van der Waals surface area contributed by atoms with Crippen molar-refractivity contribution in [2.75, 3.05) is 48.1 Å². The number of amides is 1. The summed E-state index contributed by atoms with van der Waals surface area (Å²) in [6.07, 6.45) is 2.70. The molecule has 1 aliphatic rings. The van der Waals surface area contributed by atoms with Crippen LogP contribution in [0.2, 0.25) is 0 Å². The molecule has 1 heterocycles. The van der Waals surface area contributed by atoms with Crippen LogP contribution in [0, 0.1) is 20.2 Å². The first-order chi connectivity index (χ1) is 39.1. The number of nitro groups is 2. The molecule has 89 heavy (non-hydrogen) atoms. The van der Waals surface area contributed by atoms with Crippen LogP contribution >= 0.6 is 100 Å². The maximum atomic E-state index is 11.6. The summed E-state index contributed by atoms with van der Waals surface area (Å²) in [7, 11) is 9.80. The van der Waals surface area contributed by atoms with Gasteiger partial charge in [0.1, 0.15) is 0 Å². The van der Waals surface area contributed by atoms with Crippen LogP contribution in [0.3, 0.4) is 0 Å².